The Morgan fingerprint density at radius 2 is 1.59 bits per heavy atom. The maximum absolute atomic E-state index is 13.2. The monoisotopic (exact) mass is 488 g/mol. The number of nitrogens with one attached hydrogen (secondary N) is 2. The van der Waals surface area contributed by atoms with Gasteiger partial charge in [0, 0.05) is 9.92 Å². The Bertz CT molecular complexity index is 1140. The maximum atomic E-state index is 13.2. The summed E-state index contributed by atoms with van der Waals surface area (Å²) in [7, 11) is -3.92. The van der Waals surface area contributed by atoms with Crippen LogP contribution in [0.1, 0.15) is 24.1 Å². The summed E-state index contributed by atoms with van der Waals surface area (Å²) < 4.78 is 28.4. The Balaban J connectivity index is 1.81. The zero-order valence-electron chi connectivity index (χ0n) is 17.8. The lowest BCUT2D eigenvalue weighted by molar-refractivity contribution is -0.123. The average molecular weight is 489 g/mol. The molecule has 0 radical (unpaired) electrons. The van der Waals surface area contributed by atoms with E-state index in [1.165, 1.54) is 24.3 Å². The first-order valence-electron chi connectivity index (χ1n) is 10.0. The molecule has 0 saturated carbocycles. The van der Waals surface area contributed by atoms with E-state index >= 15 is 0 Å². The number of carbonyl (C=O) groups is 1. The molecule has 3 aromatic rings. The normalized spacial score (nSPS) is 13.3. The van der Waals surface area contributed by atoms with Crippen LogP contribution in [0.2, 0.25) is 5.02 Å². The number of thioether (sulfide) groups is 1. The van der Waals surface area contributed by atoms with Gasteiger partial charge >= 0.3 is 0 Å². The average Bonchev–Trinajstić information content (AvgIpc) is 2.79. The molecule has 0 aliphatic rings. The van der Waals surface area contributed by atoms with Crippen molar-refractivity contribution in [2.24, 2.45) is 0 Å². The molecule has 0 saturated heterocycles. The lowest BCUT2D eigenvalue weighted by atomic mass is 10.0. The summed E-state index contributed by atoms with van der Waals surface area (Å²) in [6.45, 7) is 1.87. The second kappa shape index (κ2) is 11.0. The SMILES string of the molecule is CSc1ccc([C@@H](C)NC(=O)[C@H](Cc2ccccc2)NS(=O)(=O)c2ccc(Cl)cc2)cc1. The Kier molecular flexibility index (Phi) is 8.37. The molecule has 2 N–H and O–H groups in total. The Labute approximate surface area is 198 Å². The van der Waals surface area contributed by atoms with Gasteiger partial charge in [-0.1, -0.05) is 54.1 Å². The van der Waals surface area contributed by atoms with Gasteiger partial charge in [0.15, 0.2) is 0 Å². The van der Waals surface area contributed by atoms with Crippen LogP contribution in [0.4, 0.5) is 0 Å². The number of amides is 1. The van der Waals surface area contributed by atoms with Crippen molar-refractivity contribution in [2.75, 3.05) is 6.26 Å². The van der Waals surface area contributed by atoms with E-state index in [0.717, 1.165) is 16.0 Å². The molecule has 0 aliphatic carbocycles. The van der Waals surface area contributed by atoms with Gasteiger partial charge < -0.3 is 5.32 Å². The van der Waals surface area contributed by atoms with Gasteiger partial charge in [0.1, 0.15) is 6.04 Å². The van der Waals surface area contributed by atoms with Gasteiger partial charge in [-0.25, -0.2) is 8.42 Å². The van der Waals surface area contributed by atoms with E-state index in [1.54, 1.807) is 11.8 Å². The molecule has 0 spiro atoms. The molecular weight excluding hydrogens is 464 g/mol. The largest absolute Gasteiger partial charge is 0.348 e. The third-order valence-electron chi connectivity index (χ3n) is 5.00. The van der Waals surface area contributed by atoms with Crippen LogP contribution in [0, 0.1) is 0 Å². The standard InChI is InChI=1S/C24H25ClN2O3S2/c1-17(19-8-12-21(31-2)13-9-19)26-24(28)23(16-18-6-4-3-5-7-18)27-32(29,30)22-14-10-20(25)11-15-22/h3-15,17,23,27H,16H2,1-2H3,(H,26,28)/t17-,23+/m1/s1. The predicted octanol–water partition coefficient (Wildman–Crippen LogP) is 4.83. The van der Waals surface area contributed by atoms with E-state index in [9.17, 15) is 13.2 Å². The van der Waals surface area contributed by atoms with E-state index in [0.29, 0.717) is 5.02 Å². The summed E-state index contributed by atoms with van der Waals surface area (Å²) in [5, 5.41) is 3.38. The van der Waals surface area contributed by atoms with Crippen molar-refractivity contribution in [1.82, 2.24) is 10.0 Å². The summed E-state index contributed by atoms with van der Waals surface area (Å²) >= 11 is 7.52. The van der Waals surface area contributed by atoms with Crippen LogP contribution >= 0.6 is 23.4 Å². The molecule has 168 valence electrons. The summed E-state index contributed by atoms with van der Waals surface area (Å²) in [6.07, 6.45) is 2.22. The van der Waals surface area contributed by atoms with Crippen molar-refractivity contribution in [3.63, 3.8) is 0 Å². The van der Waals surface area contributed by atoms with Gasteiger partial charge in [-0.2, -0.15) is 4.72 Å². The Morgan fingerprint density at radius 1 is 0.969 bits per heavy atom. The fraction of sp³-hybridized carbons (Fsp3) is 0.208. The highest BCUT2D eigenvalue weighted by Crippen LogP contribution is 2.20. The quantitative estimate of drug-likeness (QED) is 0.423. The molecule has 32 heavy (non-hydrogen) atoms. The van der Waals surface area contributed by atoms with Crippen molar-refractivity contribution in [1.29, 1.82) is 0 Å². The Hall–Kier alpha value is -2.32. The van der Waals surface area contributed by atoms with E-state index in [1.807, 2.05) is 67.8 Å². The fourth-order valence-corrected chi connectivity index (χ4v) is 4.93. The molecule has 0 heterocycles. The van der Waals surface area contributed by atoms with E-state index in [2.05, 4.69) is 10.0 Å². The molecule has 0 aliphatic heterocycles. The molecule has 2 atom stereocenters. The van der Waals surface area contributed by atoms with E-state index in [-0.39, 0.29) is 17.4 Å². The zero-order valence-corrected chi connectivity index (χ0v) is 20.2. The molecule has 1 amide bonds. The second-order valence-electron chi connectivity index (χ2n) is 7.32. The smallest absolute Gasteiger partial charge is 0.241 e. The number of hydrogen-bond acceptors (Lipinski definition) is 4. The highest BCUT2D eigenvalue weighted by molar-refractivity contribution is 7.98. The van der Waals surface area contributed by atoms with Crippen LogP contribution in [0.25, 0.3) is 0 Å². The van der Waals surface area contributed by atoms with Crippen molar-refractivity contribution in [3.05, 3.63) is 95.0 Å². The van der Waals surface area contributed by atoms with Crippen LogP contribution in [0.5, 0.6) is 0 Å². The van der Waals surface area contributed by atoms with Gasteiger partial charge in [-0.05, 0) is 67.1 Å². The van der Waals surface area contributed by atoms with E-state index in [4.69, 9.17) is 11.6 Å². The molecule has 3 rings (SSSR count). The van der Waals surface area contributed by atoms with Crippen molar-refractivity contribution in [2.45, 2.75) is 35.2 Å². The molecule has 0 bridgehead atoms. The molecule has 0 aromatic heterocycles. The predicted molar refractivity (Wildman–Crippen MR) is 130 cm³/mol. The second-order valence-corrected chi connectivity index (χ2v) is 10.4. The number of sulfonamides is 1. The third kappa shape index (κ3) is 6.59. The summed E-state index contributed by atoms with van der Waals surface area (Å²) in [4.78, 5) is 14.3. The number of rotatable bonds is 9. The molecular formula is C24H25ClN2O3S2. The highest BCUT2D eigenvalue weighted by Gasteiger charge is 2.27. The van der Waals surface area contributed by atoms with Gasteiger partial charge in [0.05, 0.1) is 10.9 Å². The lowest BCUT2D eigenvalue weighted by Gasteiger charge is -2.22. The highest BCUT2D eigenvalue weighted by atomic mass is 35.5. The van der Waals surface area contributed by atoms with Gasteiger partial charge in [0.2, 0.25) is 15.9 Å². The zero-order chi connectivity index (χ0) is 23.1. The Morgan fingerprint density at radius 3 is 2.19 bits per heavy atom. The third-order valence-corrected chi connectivity index (χ3v) is 7.48. The van der Waals surface area contributed by atoms with Crippen LogP contribution in [0.15, 0.2) is 88.7 Å². The van der Waals surface area contributed by atoms with Crippen LogP contribution in [0.3, 0.4) is 0 Å². The number of hydrogen-bond donors (Lipinski definition) is 2. The molecule has 5 nitrogen and oxygen atoms in total. The first-order valence-corrected chi connectivity index (χ1v) is 13.1. The topological polar surface area (TPSA) is 75.3 Å². The lowest BCUT2D eigenvalue weighted by Crippen LogP contribution is -2.48. The minimum Gasteiger partial charge on any atom is -0.348 e. The number of benzene rings is 3. The maximum Gasteiger partial charge on any atom is 0.241 e. The van der Waals surface area contributed by atoms with Crippen LogP contribution in [-0.2, 0) is 21.2 Å². The van der Waals surface area contributed by atoms with Crippen LogP contribution in [-0.4, -0.2) is 26.6 Å². The van der Waals surface area contributed by atoms with Crippen LogP contribution < -0.4 is 10.0 Å². The van der Waals surface area contributed by atoms with Crippen molar-refractivity contribution in [3.8, 4) is 0 Å². The van der Waals surface area contributed by atoms with Gasteiger partial charge in [-0.3, -0.25) is 4.79 Å². The minimum atomic E-state index is -3.92. The molecule has 3 aromatic carbocycles. The summed E-state index contributed by atoms with van der Waals surface area (Å²) in [6, 6.07) is 21.8. The molecule has 8 heteroatoms. The van der Waals surface area contributed by atoms with Crippen molar-refractivity contribution >= 4 is 39.3 Å². The first-order chi connectivity index (χ1) is 15.3. The first kappa shape index (κ1) is 24.3. The number of halogens is 1. The van der Waals surface area contributed by atoms with Crippen molar-refractivity contribution < 1.29 is 13.2 Å². The molecule has 0 unspecified atom stereocenters. The number of carbonyl (C=O) groups excluding carboxylic acids is 1. The summed E-state index contributed by atoms with van der Waals surface area (Å²) in [5.74, 6) is -0.396. The summed E-state index contributed by atoms with van der Waals surface area (Å²) in [5.41, 5.74) is 1.79. The fourth-order valence-electron chi connectivity index (χ4n) is 3.20. The van der Waals surface area contributed by atoms with E-state index < -0.39 is 22.0 Å². The minimum absolute atomic E-state index is 0.0495. The van der Waals surface area contributed by atoms with Gasteiger partial charge in [-0.15, -0.1) is 11.8 Å². The van der Waals surface area contributed by atoms with Gasteiger partial charge in [0.25, 0.3) is 0 Å². The molecule has 0 fully saturated rings.